The molecular formula is C21H17Cl2N3O5. The van der Waals surface area contributed by atoms with E-state index in [1.165, 1.54) is 25.2 Å². The van der Waals surface area contributed by atoms with Gasteiger partial charge in [0.05, 0.1) is 5.69 Å². The van der Waals surface area contributed by atoms with Crippen molar-refractivity contribution >= 4 is 52.6 Å². The molecule has 1 aliphatic carbocycles. The summed E-state index contributed by atoms with van der Waals surface area (Å²) < 4.78 is 5.79. The Morgan fingerprint density at radius 1 is 1.00 bits per heavy atom. The van der Waals surface area contributed by atoms with E-state index in [0.29, 0.717) is 28.6 Å². The number of anilines is 1. The lowest BCUT2D eigenvalue weighted by atomic mass is 10.0. The van der Waals surface area contributed by atoms with E-state index in [2.05, 4.69) is 5.32 Å². The van der Waals surface area contributed by atoms with Crippen molar-refractivity contribution in [3.05, 3.63) is 52.5 Å². The second-order valence-corrected chi connectivity index (χ2v) is 8.11. The van der Waals surface area contributed by atoms with E-state index in [4.69, 9.17) is 27.9 Å². The number of rotatable bonds is 5. The van der Waals surface area contributed by atoms with Gasteiger partial charge < -0.3 is 10.1 Å². The van der Waals surface area contributed by atoms with Gasteiger partial charge in [-0.1, -0.05) is 23.2 Å². The number of amides is 5. The number of carbonyl (C=O) groups excluding carboxylic acids is 4. The summed E-state index contributed by atoms with van der Waals surface area (Å²) in [5.74, 6) is -3.56. The SMILES string of the molecule is CN1C(=O)C(C(=O)Nc2ccc(Cl)cc2Oc2ccc(Cl)cc2)C(=O)N(C2CC2)C1=O. The number of halogens is 2. The highest BCUT2D eigenvalue weighted by Gasteiger charge is 2.52. The molecule has 1 atom stereocenters. The molecule has 2 fully saturated rings. The lowest BCUT2D eigenvalue weighted by Gasteiger charge is -2.34. The number of benzene rings is 2. The molecule has 4 rings (SSSR count). The molecule has 2 aromatic carbocycles. The summed E-state index contributed by atoms with van der Waals surface area (Å²) in [7, 11) is 1.25. The van der Waals surface area contributed by atoms with Gasteiger partial charge >= 0.3 is 6.03 Å². The van der Waals surface area contributed by atoms with Crippen LogP contribution in [0.25, 0.3) is 0 Å². The second-order valence-electron chi connectivity index (χ2n) is 7.24. The van der Waals surface area contributed by atoms with Crippen LogP contribution in [0.3, 0.4) is 0 Å². The molecule has 1 aliphatic heterocycles. The van der Waals surface area contributed by atoms with Crippen molar-refractivity contribution in [2.45, 2.75) is 18.9 Å². The van der Waals surface area contributed by atoms with Crippen molar-refractivity contribution in [3.8, 4) is 11.5 Å². The number of ether oxygens (including phenoxy) is 1. The molecule has 8 nitrogen and oxygen atoms in total. The van der Waals surface area contributed by atoms with Crippen LogP contribution in [0.4, 0.5) is 10.5 Å². The third kappa shape index (κ3) is 4.22. The topological polar surface area (TPSA) is 96.0 Å². The Labute approximate surface area is 187 Å². The monoisotopic (exact) mass is 461 g/mol. The zero-order valence-corrected chi connectivity index (χ0v) is 17.8. The molecule has 1 heterocycles. The number of nitrogens with zero attached hydrogens (tertiary/aromatic N) is 2. The van der Waals surface area contributed by atoms with Gasteiger partial charge in [0.2, 0.25) is 5.91 Å². The van der Waals surface area contributed by atoms with Gasteiger partial charge in [0.25, 0.3) is 11.8 Å². The zero-order valence-electron chi connectivity index (χ0n) is 16.3. The summed E-state index contributed by atoms with van der Waals surface area (Å²) in [5.41, 5.74) is 0.211. The van der Waals surface area contributed by atoms with Gasteiger partial charge in [-0.05, 0) is 49.2 Å². The van der Waals surface area contributed by atoms with Crippen molar-refractivity contribution in [1.82, 2.24) is 9.80 Å². The molecule has 31 heavy (non-hydrogen) atoms. The first-order valence-corrected chi connectivity index (χ1v) is 10.2. The quantitative estimate of drug-likeness (QED) is 0.680. The smallest absolute Gasteiger partial charge is 0.333 e. The van der Waals surface area contributed by atoms with E-state index >= 15 is 0 Å². The van der Waals surface area contributed by atoms with Gasteiger partial charge in [0.1, 0.15) is 5.75 Å². The molecule has 1 N–H and O–H groups in total. The van der Waals surface area contributed by atoms with E-state index in [1.807, 2.05) is 0 Å². The Kier molecular flexibility index (Phi) is 5.60. The molecule has 1 saturated carbocycles. The van der Waals surface area contributed by atoms with Crippen LogP contribution >= 0.6 is 23.2 Å². The Morgan fingerprint density at radius 3 is 2.29 bits per heavy atom. The van der Waals surface area contributed by atoms with Crippen LogP contribution in [0.5, 0.6) is 11.5 Å². The van der Waals surface area contributed by atoms with Crippen LogP contribution in [0.1, 0.15) is 12.8 Å². The van der Waals surface area contributed by atoms with Crippen LogP contribution in [-0.4, -0.2) is 46.6 Å². The largest absolute Gasteiger partial charge is 0.455 e. The average molecular weight is 462 g/mol. The summed E-state index contributed by atoms with van der Waals surface area (Å²) in [6.07, 6.45) is 1.31. The molecule has 10 heteroatoms. The van der Waals surface area contributed by atoms with Crippen molar-refractivity contribution < 1.29 is 23.9 Å². The molecular weight excluding hydrogens is 445 g/mol. The molecule has 0 bridgehead atoms. The van der Waals surface area contributed by atoms with Crippen molar-refractivity contribution in [3.63, 3.8) is 0 Å². The highest BCUT2D eigenvalue weighted by atomic mass is 35.5. The van der Waals surface area contributed by atoms with Crippen molar-refractivity contribution in [1.29, 1.82) is 0 Å². The molecule has 1 unspecified atom stereocenters. The summed E-state index contributed by atoms with van der Waals surface area (Å²) >= 11 is 11.9. The number of barbiturate groups is 1. The van der Waals surface area contributed by atoms with Crippen LogP contribution in [0.2, 0.25) is 10.0 Å². The van der Waals surface area contributed by atoms with Crippen LogP contribution in [-0.2, 0) is 14.4 Å². The predicted octanol–water partition coefficient (Wildman–Crippen LogP) is 3.92. The Balaban J connectivity index is 1.59. The first-order chi connectivity index (χ1) is 14.8. The summed E-state index contributed by atoms with van der Waals surface area (Å²) in [5, 5.41) is 3.45. The third-order valence-electron chi connectivity index (χ3n) is 4.97. The third-order valence-corrected chi connectivity index (χ3v) is 5.46. The minimum Gasteiger partial charge on any atom is -0.455 e. The number of carbonyl (C=O) groups is 4. The molecule has 1 saturated heterocycles. The normalized spacial score (nSPS) is 18.9. The van der Waals surface area contributed by atoms with Gasteiger partial charge in [0, 0.05) is 29.2 Å². The van der Waals surface area contributed by atoms with Gasteiger partial charge in [-0.15, -0.1) is 0 Å². The van der Waals surface area contributed by atoms with Gasteiger partial charge in [-0.25, -0.2) is 4.79 Å². The maximum absolute atomic E-state index is 12.9. The highest BCUT2D eigenvalue weighted by Crippen LogP contribution is 2.35. The molecule has 160 valence electrons. The van der Waals surface area contributed by atoms with Crippen LogP contribution in [0.15, 0.2) is 42.5 Å². The maximum Gasteiger partial charge on any atom is 0.333 e. The van der Waals surface area contributed by atoms with Gasteiger partial charge in [-0.3, -0.25) is 24.2 Å². The number of urea groups is 1. The van der Waals surface area contributed by atoms with Gasteiger partial charge in [-0.2, -0.15) is 0 Å². The molecule has 2 aromatic rings. The minimum atomic E-state index is -1.66. The Hall–Kier alpha value is -3.10. The molecule has 0 aromatic heterocycles. The molecule has 0 spiro atoms. The second kappa shape index (κ2) is 8.20. The Morgan fingerprint density at radius 2 is 1.65 bits per heavy atom. The van der Waals surface area contributed by atoms with E-state index < -0.39 is 29.7 Å². The van der Waals surface area contributed by atoms with E-state index in [0.717, 1.165) is 9.80 Å². The van der Waals surface area contributed by atoms with Crippen LogP contribution in [0, 0.1) is 5.92 Å². The molecule has 0 radical (unpaired) electrons. The van der Waals surface area contributed by atoms with E-state index in [1.54, 1.807) is 24.3 Å². The fraction of sp³-hybridized carbons (Fsp3) is 0.238. The number of hydrogen-bond acceptors (Lipinski definition) is 5. The number of imide groups is 2. The predicted molar refractivity (Wildman–Crippen MR) is 113 cm³/mol. The summed E-state index contributed by atoms with van der Waals surface area (Å²) in [6.45, 7) is 0. The first kappa shape index (κ1) is 21.1. The molecule has 2 aliphatic rings. The summed E-state index contributed by atoms with van der Waals surface area (Å²) in [4.78, 5) is 52.4. The lowest BCUT2D eigenvalue weighted by Crippen LogP contribution is -2.61. The fourth-order valence-electron chi connectivity index (χ4n) is 3.20. The average Bonchev–Trinajstić information content (AvgIpc) is 3.55. The minimum absolute atomic E-state index is 0.211. The fourth-order valence-corrected chi connectivity index (χ4v) is 3.49. The van der Waals surface area contributed by atoms with E-state index in [9.17, 15) is 19.2 Å². The first-order valence-electron chi connectivity index (χ1n) is 9.44. The maximum atomic E-state index is 12.9. The van der Waals surface area contributed by atoms with E-state index in [-0.39, 0.29) is 17.5 Å². The summed E-state index contributed by atoms with van der Waals surface area (Å²) in [6, 6.07) is 10.1. The van der Waals surface area contributed by atoms with Crippen molar-refractivity contribution in [2.75, 3.05) is 12.4 Å². The van der Waals surface area contributed by atoms with Crippen molar-refractivity contribution in [2.24, 2.45) is 5.92 Å². The number of hydrogen-bond donors (Lipinski definition) is 1. The number of nitrogens with one attached hydrogen (secondary N) is 1. The Bertz CT molecular complexity index is 1080. The lowest BCUT2D eigenvalue weighted by molar-refractivity contribution is -0.152. The van der Waals surface area contributed by atoms with Gasteiger partial charge in [0.15, 0.2) is 11.7 Å². The van der Waals surface area contributed by atoms with Crippen LogP contribution < -0.4 is 10.1 Å². The highest BCUT2D eigenvalue weighted by molar-refractivity contribution is 6.31. The zero-order chi connectivity index (χ0) is 22.3. The standard InChI is InChI=1S/C21H17Cl2N3O5/c1-25-19(28)17(20(29)26(21(25)30)13-5-6-13)18(27)24-15-9-4-12(23)10-16(15)31-14-7-2-11(22)3-8-14/h2-4,7-10,13,17H,5-6H2,1H3,(H,24,27). The molecule has 5 amide bonds.